The van der Waals surface area contributed by atoms with E-state index < -0.39 is 0 Å². The molecule has 1 aromatic heterocycles. The number of nitrogens with zero attached hydrogens (tertiary/aromatic N) is 4. The normalized spacial score (nSPS) is 24.0. The molecule has 2 saturated heterocycles. The second kappa shape index (κ2) is 5.21. The Bertz CT molecular complexity index is 743. The van der Waals surface area contributed by atoms with Crippen molar-refractivity contribution in [3.8, 4) is 5.75 Å². The molecule has 0 amide bonds. The largest absolute Gasteiger partial charge is 0.482 e. The van der Waals surface area contributed by atoms with E-state index in [0.29, 0.717) is 5.41 Å². The molecule has 0 radical (unpaired) electrons. The molecular weight excluding hydrogens is 304 g/mol. The molecule has 6 heteroatoms. The van der Waals surface area contributed by atoms with Gasteiger partial charge in [-0.15, -0.1) is 10.2 Å². The summed E-state index contributed by atoms with van der Waals surface area (Å²) in [5.74, 6) is 2.90. The number of hydrogen-bond acceptors (Lipinski definition) is 5. The van der Waals surface area contributed by atoms with E-state index in [4.69, 9.17) is 9.47 Å². The van der Waals surface area contributed by atoms with Gasteiger partial charge in [-0.05, 0) is 25.0 Å². The highest BCUT2D eigenvalue weighted by atomic mass is 16.5. The highest BCUT2D eigenvalue weighted by Gasteiger charge is 2.45. The van der Waals surface area contributed by atoms with Gasteiger partial charge in [0.05, 0.1) is 13.2 Å². The van der Waals surface area contributed by atoms with Crippen LogP contribution in [0.5, 0.6) is 5.75 Å². The van der Waals surface area contributed by atoms with Crippen LogP contribution in [0.15, 0.2) is 24.3 Å². The van der Waals surface area contributed by atoms with Crippen LogP contribution in [-0.2, 0) is 17.7 Å². The molecule has 24 heavy (non-hydrogen) atoms. The summed E-state index contributed by atoms with van der Waals surface area (Å²) in [6.45, 7) is 6.84. The maximum absolute atomic E-state index is 6.12. The molecule has 0 bridgehead atoms. The Morgan fingerprint density at radius 2 is 2.12 bits per heavy atom. The van der Waals surface area contributed by atoms with Gasteiger partial charge in [-0.25, -0.2) is 0 Å². The lowest BCUT2D eigenvalue weighted by Gasteiger charge is -2.37. The molecular formula is C18H22N4O2. The number of anilines is 1. The average molecular weight is 326 g/mol. The lowest BCUT2D eigenvalue weighted by Crippen LogP contribution is -2.44. The fourth-order valence-electron chi connectivity index (χ4n) is 4.14. The van der Waals surface area contributed by atoms with Crippen molar-refractivity contribution in [2.24, 2.45) is 5.41 Å². The minimum atomic E-state index is -0.0350. The van der Waals surface area contributed by atoms with Crippen molar-refractivity contribution in [3.05, 3.63) is 35.7 Å². The van der Waals surface area contributed by atoms with Crippen LogP contribution in [0.4, 0.5) is 5.95 Å². The van der Waals surface area contributed by atoms with Crippen LogP contribution in [0.2, 0.25) is 0 Å². The van der Waals surface area contributed by atoms with Crippen molar-refractivity contribution in [1.29, 1.82) is 0 Å². The van der Waals surface area contributed by atoms with Gasteiger partial charge < -0.3 is 14.4 Å². The lowest BCUT2D eigenvalue weighted by molar-refractivity contribution is -0.0985. The number of para-hydroxylation sites is 1. The first-order chi connectivity index (χ1) is 11.8. The Kier molecular flexibility index (Phi) is 3.10. The van der Waals surface area contributed by atoms with Gasteiger partial charge in [-0.1, -0.05) is 18.2 Å². The van der Waals surface area contributed by atoms with E-state index in [-0.39, 0.29) is 6.10 Å². The number of aromatic nitrogens is 3. The monoisotopic (exact) mass is 326 g/mol. The van der Waals surface area contributed by atoms with E-state index in [2.05, 4.69) is 38.7 Å². The molecule has 0 saturated carbocycles. The molecule has 3 aliphatic heterocycles. The van der Waals surface area contributed by atoms with Gasteiger partial charge >= 0.3 is 0 Å². The van der Waals surface area contributed by atoms with Crippen molar-refractivity contribution in [2.45, 2.75) is 32.4 Å². The van der Waals surface area contributed by atoms with Crippen LogP contribution in [0.3, 0.4) is 0 Å². The fourth-order valence-corrected chi connectivity index (χ4v) is 4.14. The third kappa shape index (κ3) is 2.05. The third-order valence-electron chi connectivity index (χ3n) is 5.55. The van der Waals surface area contributed by atoms with Gasteiger partial charge in [-0.2, -0.15) is 0 Å². The molecule has 3 aliphatic rings. The molecule has 5 rings (SSSR count). The number of rotatable bonds is 3. The number of hydrogen-bond donors (Lipinski definition) is 0. The molecule has 126 valence electrons. The van der Waals surface area contributed by atoms with Crippen LogP contribution < -0.4 is 9.64 Å². The summed E-state index contributed by atoms with van der Waals surface area (Å²) in [4.78, 5) is 2.37. The summed E-state index contributed by atoms with van der Waals surface area (Å²) in [5.41, 5.74) is 1.60. The molecule has 1 spiro atoms. The summed E-state index contributed by atoms with van der Waals surface area (Å²) in [6, 6.07) is 8.24. The molecule has 1 unspecified atom stereocenters. The van der Waals surface area contributed by atoms with Crippen molar-refractivity contribution >= 4 is 5.95 Å². The fraction of sp³-hybridized carbons (Fsp3) is 0.556. The summed E-state index contributed by atoms with van der Waals surface area (Å²) < 4.78 is 13.8. The zero-order valence-electron chi connectivity index (χ0n) is 13.9. The number of ether oxygens (including phenoxy) is 2. The predicted octanol–water partition coefficient (Wildman–Crippen LogP) is 2.20. The van der Waals surface area contributed by atoms with Gasteiger partial charge in [0.2, 0.25) is 5.95 Å². The van der Waals surface area contributed by atoms with Crippen molar-refractivity contribution in [3.63, 3.8) is 0 Å². The van der Waals surface area contributed by atoms with E-state index in [0.717, 1.165) is 56.8 Å². The molecule has 4 heterocycles. The zero-order chi connectivity index (χ0) is 16.1. The summed E-state index contributed by atoms with van der Waals surface area (Å²) in [6.07, 6.45) is 2.02. The summed E-state index contributed by atoms with van der Waals surface area (Å²) >= 11 is 0. The molecule has 1 aromatic carbocycles. The molecule has 2 aromatic rings. The summed E-state index contributed by atoms with van der Waals surface area (Å²) in [5, 5.41) is 9.02. The molecule has 0 aliphatic carbocycles. The first-order valence-corrected chi connectivity index (χ1v) is 8.78. The highest BCUT2D eigenvalue weighted by molar-refractivity contribution is 5.40. The van der Waals surface area contributed by atoms with E-state index in [1.165, 1.54) is 12.0 Å². The second-order valence-electron chi connectivity index (χ2n) is 7.19. The minimum absolute atomic E-state index is 0.0350. The zero-order valence-corrected chi connectivity index (χ0v) is 13.9. The Balaban J connectivity index is 1.42. The summed E-state index contributed by atoms with van der Waals surface area (Å²) in [7, 11) is 0. The quantitative estimate of drug-likeness (QED) is 0.865. The van der Waals surface area contributed by atoms with Gasteiger partial charge in [0.1, 0.15) is 5.75 Å². The predicted molar refractivity (Wildman–Crippen MR) is 89.3 cm³/mol. The second-order valence-corrected chi connectivity index (χ2v) is 7.19. The topological polar surface area (TPSA) is 52.4 Å². The van der Waals surface area contributed by atoms with Crippen molar-refractivity contribution < 1.29 is 9.47 Å². The Morgan fingerprint density at radius 1 is 1.25 bits per heavy atom. The number of benzene rings is 1. The van der Waals surface area contributed by atoms with E-state index in [1.54, 1.807) is 0 Å². The van der Waals surface area contributed by atoms with Gasteiger partial charge in [0.25, 0.3) is 0 Å². The molecule has 1 atom stereocenters. The molecule has 0 N–H and O–H groups in total. The minimum Gasteiger partial charge on any atom is -0.482 e. The third-order valence-corrected chi connectivity index (χ3v) is 5.55. The molecule has 6 nitrogen and oxygen atoms in total. The van der Waals surface area contributed by atoms with Gasteiger partial charge in [0.15, 0.2) is 11.9 Å². The standard InChI is InChI=1S/C18H22N4O2/c1-2-22-16(15-9-13-5-3-4-6-14(13)24-15)19-20-17(22)21-8-7-18(10-21)11-23-12-18/h3-6,15H,2,7-12H2,1H3. The highest BCUT2D eigenvalue weighted by Crippen LogP contribution is 2.40. The maximum Gasteiger partial charge on any atom is 0.227 e. The Labute approximate surface area is 141 Å². The van der Waals surface area contributed by atoms with E-state index in [9.17, 15) is 0 Å². The number of fused-ring (bicyclic) bond motifs is 1. The van der Waals surface area contributed by atoms with Crippen molar-refractivity contribution in [1.82, 2.24) is 14.8 Å². The maximum atomic E-state index is 6.12. The van der Waals surface area contributed by atoms with E-state index >= 15 is 0 Å². The van der Waals surface area contributed by atoms with Crippen LogP contribution in [0.25, 0.3) is 0 Å². The Morgan fingerprint density at radius 3 is 2.83 bits per heavy atom. The average Bonchev–Trinajstić information content (AvgIpc) is 3.28. The smallest absolute Gasteiger partial charge is 0.227 e. The lowest BCUT2D eigenvalue weighted by atomic mass is 9.85. The van der Waals surface area contributed by atoms with Crippen LogP contribution in [0.1, 0.15) is 30.8 Å². The first kappa shape index (κ1) is 14.3. The first-order valence-electron chi connectivity index (χ1n) is 8.78. The van der Waals surface area contributed by atoms with Gasteiger partial charge in [0, 0.05) is 31.5 Å². The van der Waals surface area contributed by atoms with E-state index in [1.807, 2.05) is 12.1 Å². The Hall–Kier alpha value is -2.08. The van der Waals surface area contributed by atoms with Gasteiger partial charge in [-0.3, -0.25) is 4.57 Å². The van der Waals surface area contributed by atoms with Crippen molar-refractivity contribution in [2.75, 3.05) is 31.2 Å². The SMILES string of the molecule is CCn1c(C2Cc3ccccc3O2)nnc1N1CCC2(COC2)C1. The molecule has 2 fully saturated rings. The van der Waals surface area contributed by atoms with Crippen LogP contribution in [-0.4, -0.2) is 41.1 Å². The van der Waals surface area contributed by atoms with Crippen LogP contribution in [0, 0.1) is 5.41 Å². The van der Waals surface area contributed by atoms with Crippen LogP contribution >= 0.6 is 0 Å².